The second kappa shape index (κ2) is 11.7. The van der Waals surface area contributed by atoms with Gasteiger partial charge in [-0.2, -0.15) is 26.3 Å². The Morgan fingerprint density at radius 2 is 1.59 bits per heavy atom. The molecule has 1 fully saturated rings. The maximum atomic E-state index is 13.5. The van der Waals surface area contributed by atoms with E-state index in [9.17, 15) is 35.9 Å². The quantitative estimate of drug-likeness (QED) is 0.514. The van der Waals surface area contributed by atoms with Crippen LogP contribution in [0.25, 0.3) is 0 Å². The fourth-order valence-electron chi connectivity index (χ4n) is 4.74. The van der Waals surface area contributed by atoms with E-state index in [0.29, 0.717) is 31.6 Å². The molecule has 1 saturated heterocycles. The fraction of sp³-hybridized carbons (Fsp3) is 0.440. The van der Waals surface area contributed by atoms with Gasteiger partial charge < -0.3 is 10.6 Å². The molecule has 204 valence electrons. The Balaban J connectivity index is 0.00000481. The topological polar surface area (TPSA) is 66.6 Å². The number of nitrogens with zero attached hydrogens (tertiary/aromatic N) is 2. The largest absolute Gasteiger partial charge is 0.416 e. The molecule has 0 spiro atoms. The van der Waals surface area contributed by atoms with Crippen LogP contribution >= 0.6 is 12.4 Å². The number of carbonyl (C=O) groups excluding carboxylic acids is 2. The summed E-state index contributed by atoms with van der Waals surface area (Å²) in [6, 6.07) is 8.75. The van der Waals surface area contributed by atoms with Gasteiger partial charge in [-0.05, 0) is 54.8 Å². The van der Waals surface area contributed by atoms with Crippen LogP contribution in [0, 0.1) is 12.8 Å². The zero-order valence-electron chi connectivity index (χ0n) is 20.2. The number of rotatable bonds is 6. The molecule has 1 aliphatic heterocycles. The molecular weight excluding hydrogens is 524 g/mol. The average molecular weight is 552 g/mol. The van der Waals surface area contributed by atoms with E-state index in [0.717, 1.165) is 16.0 Å². The van der Waals surface area contributed by atoms with Crippen LogP contribution in [0.1, 0.15) is 40.2 Å². The van der Waals surface area contributed by atoms with Gasteiger partial charge in [-0.25, -0.2) is 0 Å². The predicted molar refractivity (Wildman–Crippen MR) is 128 cm³/mol. The summed E-state index contributed by atoms with van der Waals surface area (Å²) in [6.07, 6.45) is -9.59. The molecule has 0 unspecified atom stereocenters. The number of carbonyl (C=O) groups is 2. The smallest absolute Gasteiger partial charge is 0.369 e. The minimum absolute atomic E-state index is 0. The zero-order valence-corrected chi connectivity index (χ0v) is 21.0. The molecular formula is C25H28ClF6N3O2. The maximum absolute atomic E-state index is 13.5. The third-order valence-electron chi connectivity index (χ3n) is 6.42. The highest BCUT2D eigenvalue weighted by atomic mass is 35.5. The lowest BCUT2D eigenvalue weighted by Gasteiger charge is -2.39. The van der Waals surface area contributed by atoms with Crippen LogP contribution in [-0.2, 0) is 28.5 Å². The molecule has 12 heteroatoms. The number of nitrogens with two attached hydrogens (primary N) is 1. The van der Waals surface area contributed by atoms with Gasteiger partial charge in [-0.3, -0.25) is 14.5 Å². The molecule has 2 amide bonds. The molecule has 37 heavy (non-hydrogen) atoms. The van der Waals surface area contributed by atoms with Gasteiger partial charge in [-0.15, -0.1) is 12.4 Å². The number of aryl methyl sites for hydroxylation is 1. The van der Waals surface area contributed by atoms with Gasteiger partial charge in [0.15, 0.2) is 0 Å². The molecule has 2 aromatic carbocycles. The highest BCUT2D eigenvalue weighted by Crippen LogP contribution is 2.38. The number of benzene rings is 2. The lowest BCUT2D eigenvalue weighted by atomic mass is 9.78. The molecule has 0 bridgehead atoms. The summed E-state index contributed by atoms with van der Waals surface area (Å²) in [7, 11) is 1.36. The predicted octanol–water partition coefficient (Wildman–Crippen LogP) is 5.00. The van der Waals surface area contributed by atoms with Crippen LogP contribution in [0.15, 0.2) is 42.5 Å². The van der Waals surface area contributed by atoms with Crippen molar-refractivity contribution in [1.29, 1.82) is 0 Å². The molecule has 5 nitrogen and oxygen atoms in total. The van der Waals surface area contributed by atoms with Crippen molar-refractivity contribution in [2.24, 2.45) is 11.7 Å². The number of likely N-dealkylation sites (tertiary alicyclic amines) is 1. The number of primary amides is 1. The maximum Gasteiger partial charge on any atom is 0.416 e. The Kier molecular flexibility index (Phi) is 9.64. The van der Waals surface area contributed by atoms with E-state index < -0.39 is 47.8 Å². The van der Waals surface area contributed by atoms with E-state index >= 15 is 0 Å². The number of piperidine rings is 1. The summed E-state index contributed by atoms with van der Waals surface area (Å²) in [5.74, 6) is -1.81. The Morgan fingerprint density at radius 1 is 1.03 bits per heavy atom. The summed E-state index contributed by atoms with van der Waals surface area (Å²) < 4.78 is 79.4. The van der Waals surface area contributed by atoms with E-state index in [1.54, 1.807) is 0 Å². The first-order valence-corrected chi connectivity index (χ1v) is 11.3. The van der Waals surface area contributed by atoms with Crippen molar-refractivity contribution in [2.45, 2.75) is 38.2 Å². The number of halogens is 7. The van der Waals surface area contributed by atoms with Crippen LogP contribution in [-0.4, -0.2) is 48.3 Å². The van der Waals surface area contributed by atoms with Gasteiger partial charge in [0, 0.05) is 32.0 Å². The van der Waals surface area contributed by atoms with Gasteiger partial charge >= 0.3 is 12.4 Å². The van der Waals surface area contributed by atoms with Crippen molar-refractivity contribution in [3.63, 3.8) is 0 Å². The van der Waals surface area contributed by atoms with Crippen LogP contribution in [0.3, 0.4) is 0 Å². The Bertz CT molecular complexity index is 1090. The normalized spacial score (nSPS) is 18.7. The Labute approximate surface area is 217 Å². The first kappa shape index (κ1) is 30.4. The molecule has 0 radical (unpaired) electrons. The van der Waals surface area contributed by atoms with E-state index in [-0.39, 0.29) is 36.5 Å². The van der Waals surface area contributed by atoms with E-state index in [1.165, 1.54) is 7.05 Å². The van der Waals surface area contributed by atoms with Crippen molar-refractivity contribution in [3.8, 4) is 0 Å². The molecule has 3 rings (SSSR count). The minimum atomic E-state index is -4.97. The van der Waals surface area contributed by atoms with Crippen LogP contribution in [0.2, 0.25) is 0 Å². The summed E-state index contributed by atoms with van der Waals surface area (Å²) >= 11 is 0. The van der Waals surface area contributed by atoms with Crippen LogP contribution in [0.5, 0.6) is 0 Å². The summed E-state index contributed by atoms with van der Waals surface area (Å²) in [5, 5.41) is 0. The monoisotopic (exact) mass is 551 g/mol. The summed E-state index contributed by atoms with van der Waals surface area (Å²) in [5.41, 5.74) is 4.03. The summed E-state index contributed by atoms with van der Waals surface area (Å²) in [6.45, 7) is 2.24. The lowest BCUT2D eigenvalue weighted by Crippen LogP contribution is -2.48. The molecule has 2 aromatic rings. The fourth-order valence-corrected chi connectivity index (χ4v) is 4.74. The third-order valence-corrected chi connectivity index (χ3v) is 6.42. The van der Waals surface area contributed by atoms with Crippen LogP contribution in [0.4, 0.5) is 26.3 Å². The Morgan fingerprint density at radius 3 is 2.11 bits per heavy atom. The molecule has 1 heterocycles. The average Bonchev–Trinajstić information content (AvgIpc) is 2.77. The van der Waals surface area contributed by atoms with Gasteiger partial charge in [0.25, 0.3) is 0 Å². The first-order valence-electron chi connectivity index (χ1n) is 11.3. The Hall–Kier alpha value is -2.79. The second-order valence-corrected chi connectivity index (χ2v) is 9.17. The standard InChI is InChI=1S/C25H27F6N3O2.ClH/c1-15-5-3-4-6-19(15)21-13-34(14-22(32)35)8-7-20(21)23(36)33(2)12-16-9-17(24(26,27)28)11-18(10-16)25(29,30)31;/h3-6,9-11,20-21H,7-8,12-14H2,1-2H3,(H2,32,35);1H/t20-,21+;/m1./s1. The van der Waals surface area contributed by atoms with E-state index in [1.807, 2.05) is 36.1 Å². The zero-order chi connectivity index (χ0) is 26.8. The van der Waals surface area contributed by atoms with E-state index in [4.69, 9.17) is 5.73 Å². The number of alkyl halides is 6. The van der Waals surface area contributed by atoms with Crippen molar-refractivity contribution in [2.75, 3.05) is 26.7 Å². The first-order chi connectivity index (χ1) is 16.7. The van der Waals surface area contributed by atoms with Gasteiger partial charge in [-0.1, -0.05) is 24.3 Å². The van der Waals surface area contributed by atoms with Crippen molar-refractivity contribution in [1.82, 2.24) is 9.80 Å². The number of amides is 2. The summed E-state index contributed by atoms with van der Waals surface area (Å²) in [4.78, 5) is 27.9. The second-order valence-electron chi connectivity index (χ2n) is 9.17. The highest BCUT2D eigenvalue weighted by Gasteiger charge is 2.39. The highest BCUT2D eigenvalue weighted by molar-refractivity contribution is 5.85. The molecule has 0 aromatic heterocycles. The van der Waals surface area contributed by atoms with Gasteiger partial charge in [0.2, 0.25) is 11.8 Å². The SMILES string of the molecule is Cc1ccccc1[C@@H]1CN(CC(N)=O)CC[C@H]1C(=O)N(C)Cc1cc(C(F)(F)F)cc(C(F)(F)F)c1.Cl. The molecule has 2 atom stereocenters. The van der Waals surface area contributed by atoms with Crippen molar-refractivity contribution < 1.29 is 35.9 Å². The molecule has 0 saturated carbocycles. The van der Waals surface area contributed by atoms with Crippen molar-refractivity contribution >= 4 is 24.2 Å². The molecule has 0 aliphatic carbocycles. The van der Waals surface area contributed by atoms with Gasteiger partial charge in [0.05, 0.1) is 17.7 Å². The number of hydrogen-bond donors (Lipinski definition) is 1. The molecule has 1 aliphatic rings. The molecule has 2 N–H and O–H groups in total. The lowest BCUT2D eigenvalue weighted by molar-refractivity contribution is -0.143. The minimum Gasteiger partial charge on any atom is -0.369 e. The van der Waals surface area contributed by atoms with Gasteiger partial charge in [0.1, 0.15) is 0 Å². The van der Waals surface area contributed by atoms with Crippen molar-refractivity contribution in [3.05, 3.63) is 70.3 Å². The van der Waals surface area contributed by atoms with Crippen LogP contribution < -0.4 is 5.73 Å². The van der Waals surface area contributed by atoms with E-state index in [2.05, 4.69) is 0 Å². The number of hydrogen-bond acceptors (Lipinski definition) is 3. The third kappa shape index (κ3) is 7.61.